The van der Waals surface area contributed by atoms with Crippen LogP contribution in [0.15, 0.2) is 47.9 Å². The van der Waals surface area contributed by atoms with Gasteiger partial charge in [0.25, 0.3) is 0 Å². The van der Waals surface area contributed by atoms with Gasteiger partial charge in [0.05, 0.1) is 4.91 Å². The minimum absolute atomic E-state index is 0.0654. The summed E-state index contributed by atoms with van der Waals surface area (Å²) < 4.78 is 23.2. The van der Waals surface area contributed by atoms with E-state index in [9.17, 15) is 13.2 Å². The molecule has 3 nitrogen and oxygen atoms in total. The van der Waals surface area contributed by atoms with E-state index in [0.717, 1.165) is 17.6 Å². The lowest BCUT2D eigenvalue weighted by atomic mass is 10.2. The van der Waals surface area contributed by atoms with Crippen molar-refractivity contribution in [1.82, 2.24) is 0 Å². The molecule has 0 radical (unpaired) electrons. The molecule has 76 valence electrons. The molecule has 0 amide bonds. The second-order valence-corrected chi connectivity index (χ2v) is 4.93. The molecule has 0 spiro atoms. The lowest BCUT2D eigenvalue weighted by Crippen LogP contribution is -2.07. The number of benzene rings is 1. The molecule has 0 fully saturated rings. The quantitative estimate of drug-likeness (QED) is 0.721. The Bertz CT molecular complexity index is 551. The first-order valence-corrected chi connectivity index (χ1v) is 5.88. The highest BCUT2D eigenvalue weighted by atomic mass is 32.2. The first-order chi connectivity index (χ1) is 7.09. The molecule has 1 aromatic rings. The highest BCUT2D eigenvalue weighted by molar-refractivity contribution is 8.03. The summed E-state index contributed by atoms with van der Waals surface area (Å²) in [6, 6.07) is 8.58. The second kappa shape index (κ2) is 3.47. The second-order valence-electron chi connectivity index (χ2n) is 3.12. The van der Waals surface area contributed by atoms with Gasteiger partial charge in [0.1, 0.15) is 0 Å². The van der Waals surface area contributed by atoms with Gasteiger partial charge in [-0.3, -0.25) is 4.79 Å². The summed E-state index contributed by atoms with van der Waals surface area (Å²) in [6.07, 6.45) is 2.20. The van der Waals surface area contributed by atoms with Crippen LogP contribution < -0.4 is 0 Å². The van der Waals surface area contributed by atoms with Crippen LogP contribution in [0.25, 0.3) is 4.91 Å². The number of rotatable bonds is 1. The summed E-state index contributed by atoms with van der Waals surface area (Å²) in [7, 11) is -3.45. The monoisotopic (exact) mass is 220 g/mol. The molecule has 2 rings (SSSR count). The highest BCUT2D eigenvalue weighted by Gasteiger charge is 2.21. The maximum absolute atomic E-state index is 11.6. The molecular weight excluding hydrogens is 212 g/mol. The molecule has 0 bridgehead atoms. The third-order valence-electron chi connectivity index (χ3n) is 2.05. The van der Waals surface area contributed by atoms with Crippen molar-refractivity contribution in [3.63, 3.8) is 0 Å². The molecule has 1 aliphatic heterocycles. The Kier molecular flexibility index (Phi) is 2.28. The summed E-state index contributed by atoms with van der Waals surface area (Å²) in [5.74, 6) is -0.302. The fraction of sp³-hybridized carbons (Fsp3) is 0. The summed E-state index contributed by atoms with van der Waals surface area (Å²) in [5.41, 5.74) is 0.537. The van der Waals surface area contributed by atoms with E-state index in [0.29, 0.717) is 5.56 Å². The maximum atomic E-state index is 11.6. The molecule has 0 aliphatic carbocycles. The van der Waals surface area contributed by atoms with E-state index >= 15 is 0 Å². The van der Waals surface area contributed by atoms with Crippen LogP contribution in [0.3, 0.4) is 0 Å². The molecule has 0 saturated carbocycles. The lowest BCUT2D eigenvalue weighted by molar-refractivity contribution is -0.110. The fourth-order valence-corrected chi connectivity index (χ4v) is 2.54. The van der Waals surface area contributed by atoms with Crippen LogP contribution in [0.4, 0.5) is 0 Å². The SMILES string of the molecule is O=C1C=CS(=O)(=O)C(c2ccccc2)=C1. The van der Waals surface area contributed by atoms with Crippen LogP contribution in [-0.2, 0) is 14.6 Å². The Morgan fingerprint density at radius 2 is 1.67 bits per heavy atom. The number of allylic oxidation sites excluding steroid dienone is 2. The molecule has 4 heteroatoms. The van der Waals surface area contributed by atoms with Crippen molar-refractivity contribution in [1.29, 1.82) is 0 Å². The zero-order valence-corrected chi connectivity index (χ0v) is 8.57. The predicted octanol–water partition coefficient (Wildman–Crippen LogP) is 1.54. The van der Waals surface area contributed by atoms with E-state index in [2.05, 4.69) is 0 Å². The number of carbonyl (C=O) groups is 1. The van der Waals surface area contributed by atoms with E-state index < -0.39 is 9.84 Å². The van der Waals surface area contributed by atoms with Gasteiger partial charge in [0, 0.05) is 11.5 Å². The third-order valence-corrected chi connectivity index (χ3v) is 3.51. The number of hydrogen-bond donors (Lipinski definition) is 0. The van der Waals surface area contributed by atoms with Crippen LogP contribution >= 0.6 is 0 Å². The molecular formula is C11H8O3S. The van der Waals surface area contributed by atoms with Crippen molar-refractivity contribution < 1.29 is 13.2 Å². The largest absolute Gasteiger partial charge is 0.290 e. The van der Waals surface area contributed by atoms with Gasteiger partial charge in [-0.2, -0.15) is 0 Å². The van der Waals surface area contributed by atoms with E-state index in [-0.39, 0.29) is 10.7 Å². The van der Waals surface area contributed by atoms with Crippen molar-refractivity contribution in [3.8, 4) is 0 Å². The van der Waals surface area contributed by atoms with Crippen molar-refractivity contribution in [2.45, 2.75) is 0 Å². The standard InChI is InChI=1S/C11H8O3S/c12-10-6-7-15(13,14)11(8-10)9-4-2-1-3-5-9/h1-8H. The molecule has 0 N–H and O–H groups in total. The average molecular weight is 220 g/mol. The van der Waals surface area contributed by atoms with Gasteiger partial charge in [0.15, 0.2) is 5.78 Å². The number of hydrogen-bond acceptors (Lipinski definition) is 3. The number of ketones is 1. The molecule has 1 heterocycles. The molecule has 0 saturated heterocycles. The van der Waals surface area contributed by atoms with Crippen LogP contribution in [0.1, 0.15) is 5.56 Å². The Morgan fingerprint density at radius 1 is 1.00 bits per heavy atom. The van der Waals surface area contributed by atoms with Crippen LogP contribution in [-0.4, -0.2) is 14.2 Å². The predicted molar refractivity (Wildman–Crippen MR) is 57.5 cm³/mol. The van der Waals surface area contributed by atoms with Crippen LogP contribution in [0, 0.1) is 0 Å². The van der Waals surface area contributed by atoms with Crippen LogP contribution in [0.2, 0.25) is 0 Å². The molecule has 1 aromatic carbocycles. The summed E-state index contributed by atoms with van der Waals surface area (Å²) in [5, 5.41) is 0.942. The van der Waals surface area contributed by atoms with E-state index in [1.807, 2.05) is 0 Å². The molecule has 0 aromatic heterocycles. The normalized spacial score (nSPS) is 18.7. The summed E-state index contributed by atoms with van der Waals surface area (Å²) in [6.45, 7) is 0. The van der Waals surface area contributed by atoms with Gasteiger partial charge in [0.2, 0.25) is 9.84 Å². The Balaban J connectivity index is 2.59. The Labute approximate surface area is 87.7 Å². The first kappa shape index (κ1) is 9.86. The number of sulfone groups is 1. The average Bonchev–Trinajstić information content (AvgIpc) is 2.23. The minimum Gasteiger partial charge on any atom is -0.290 e. The van der Waals surface area contributed by atoms with E-state index in [1.54, 1.807) is 30.3 Å². The minimum atomic E-state index is -3.45. The van der Waals surface area contributed by atoms with E-state index in [4.69, 9.17) is 0 Å². The highest BCUT2D eigenvalue weighted by Crippen LogP contribution is 2.24. The summed E-state index contributed by atoms with van der Waals surface area (Å²) >= 11 is 0. The first-order valence-electron chi connectivity index (χ1n) is 4.34. The fourth-order valence-electron chi connectivity index (χ4n) is 1.34. The van der Waals surface area contributed by atoms with Gasteiger partial charge < -0.3 is 0 Å². The molecule has 0 unspecified atom stereocenters. The Hall–Kier alpha value is -1.68. The Morgan fingerprint density at radius 3 is 2.33 bits per heavy atom. The topological polar surface area (TPSA) is 51.2 Å². The zero-order valence-electron chi connectivity index (χ0n) is 7.75. The van der Waals surface area contributed by atoms with Gasteiger partial charge in [-0.05, 0) is 11.6 Å². The molecule has 0 atom stereocenters. The molecule has 15 heavy (non-hydrogen) atoms. The smallest absolute Gasteiger partial charge is 0.200 e. The van der Waals surface area contributed by atoms with Crippen molar-refractivity contribution in [3.05, 3.63) is 53.5 Å². The van der Waals surface area contributed by atoms with Gasteiger partial charge in [-0.15, -0.1) is 0 Å². The summed E-state index contributed by atoms with van der Waals surface area (Å²) in [4.78, 5) is 11.2. The van der Waals surface area contributed by atoms with Gasteiger partial charge >= 0.3 is 0 Å². The molecule has 1 aliphatic rings. The lowest BCUT2D eigenvalue weighted by Gasteiger charge is -2.08. The van der Waals surface area contributed by atoms with E-state index in [1.165, 1.54) is 0 Å². The third kappa shape index (κ3) is 1.89. The number of carbonyl (C=O) groups excluding carboxylic acids is 1. The maximum Gasteiger partial charge on any atom is 0.200 e. The van der Waals surface area contributed by atoms with Crippen molar-refractivity contribution in [2.24, 2.45) is 0 Å². The van der Waals surface area contributed by atoms with Gasteiger partial charge in [-0.25, -0.2) is 8.42 Å². The van der Waals surface area contributed by atoms with Crippen molar-refractivity contribution >= 4 is 20.5 Å². The van der Waals surface area contributed by atoms with Crippen molar-refractivity contribution in [2.75, 3.05) is 0 Å². The zero-order chi connectivity index (χ0) is 10.9. The van der Waals surface area contributed by atoms with Crippen LogP contribution in [0.5, 0.6) is 0 Å². The van der Waals surface area contributed by atoms with Gasteiger partial charge in [-0.1, -0.05) is 30.3 Å².